The van der Waals surface area contributed by atoms with Crippen LogP contribution in [0.2, 0.25) is 0 Å². The highest BCUT2D eigenvalue weighted by atomic mass is 32.1. The number of carbonyl (C=O) groups is 2. The number of likely N-dealkylation sites (N-methyl/N-ethyl adjacent to an activating group) is 1. The van der Waals surface area contributed by atoms with Crippen LogP contribution in [0.4, 0.5) is 0 Å². The van der Waals surface area contributed by atoms with Gasteiger partial charge in [0, 0.05) is 24.8 Å². The van der Waals surface area contributed by atoms with E-state index in [0.29, 0.717) is 10.7 Å². The second-order valence-electron chi connectivity index (χ2n) is 4.06. The quantitative estimate of drug-likeness (QED) is 0.908. The molecule has 2 aromatic rings. The molecule has 0 saturated carbocycles. The third-order valence-electron chi connectivity index (χ3n) is 2.76. The van der Waals surface area contributed by atoms with E-state index in [9.17, 15) is 9.59 Å². The molecule has 0 bridgehead atoms. The summed E-state index contributed by atoms with van der Waals surface area (Å²) in [6.45, 7) is 1.44. The molecule has 0 aliphatic rings. The standard InChI is InChI=1S/C12H12N4O3S/c1-7(12(18)19)16(2)11(17)9-6-20-10(15-9)8-5-13-3-4-14-8/h3-7H,1-2H3,(H,18,19). The van der Waals surface area contributed by atoms with Crippen LogP contribution in [0.3, 0.4) is 0 Å². The van der Waals surface area contributed by atoms with Crippen molar-refractivity contribution < 1.29 is 14.7 Å². The Hall–Kier alpha value is -2.35. The van der Waals surface area contributed by atoms with Crippen LogP contribution in [0.25, 0.3) is 10.7 Å². The maximum atomic E-state index is 12.1. The lowest BCUT2D eigenvalue weighted by Crippen LogP contribution is -2.40. The fraction of sp³-hybridized carbons (Fsp3) is 0.250. The molecular weight excluding hydrogens is 280 g/mol. The largest absolute Gasteiger partial charge is 0.480 e. The Morgan fingerprint density at radius 1 is 1.40 bits per heavy atom. The summed E-state index contributed by atoms with van der Waals surface area (Å²) in [5, 5.41) is 11.0. The van der Waals surface area contributed by atoms with Crippen LogP contribution in [0.15, 0.2) is 24.0 Å². The van der Waals surface area contributed by atoms with E-state index in [1.165, 1.54) is 31.5 Å². The van der Waals surface area contributed by atoms with Crippen LogP contribution in [0, 0.1) is 0 Å². The summed E-state index contributed by atoms with van der Waals surface area (Å²) in [6.07, 6.45) is 4.64. The molecule has 0 radical (unpaired) electrons. The van der Waals surface area contributed by atoms with Gasteiger partial charge in [-0.2, -0.15) is 0 Å². The van der Waals surface area contributed by atoms with Crippen molar-refractivity contribution in [2.75, 3.05) is 7.05 Å². The number of rotatable bonds is 4. The summed E-state index contributed by atoms with van der Waals surface area (Å²) < 4.78 is 0. The number of thiazole rings is 1. The first-order valence-corrected chi connectivity index (χ1v) is 6.60. The molecule has 20 heavy (non-hydrogen) atoms. The number of aromatic nitrogens is 3. The zero-order valence-electron chi connectivity index (χ0n) is 10.8. The average molecular weight is 292 g/mol. The summed E-state index contributed by atoms with van der Waals surface area (Å²) in [4.78, 5) is 36.3. The van der Waals surface area contributed by atoms with E-state index in [-0.39, 0.29) is 5.69 Å². The van der Waals surface area contributed by atoms with Crippen molar-refractivity contribution in [1.82, 2.24) is 19.9 Å². The van der Waals surface area contributed by atoms with Crippen LogP contribution in [0.5, 0.6) is 0 Å². The SMILES string of the molecule is CC(C(=O)O)N(C)C(=O)c1csc(-c2cnccn2)n1. The minimum absolute atomic E-state index is 0.200. The number of hydrogen-bond acceptors (Lipinski definition) is 6. The molecule has 1 unspecified atom stereocenters. The fourth-order valence-electron chi connectivity index (χ4n) is 1.42. The van der Waals surface area contributed by atoms with Crippen LogP contribution >= 0.6 is 11.3 Å². The summed E-state index contributed by atoms with van der Waals surface area (Å²) in [7, 11) is 1.43. The molecule has 2 heterocycles. The van der Waals surface area contributed by atoms with E-state index < -0.39 is 17.9 Å². The average Bonchev–Trinajstić information content (AvgIpc) is 2.95. The van der Waals surface area contributed by atoms with Gasteiger partial charge in [0.2, 0.25) is 0 Å². The maximum absolute atomic E-state index is 12.1. The number of carboxylic acid groups (broad SMARTS) is 1. The Bertz CT molecular complexity index is 629. The monoisotopic (exact) mass is 292 g/mol. The van der Waals surface area contributed by atoms with Gasteiger partial charge < -0.3 is 10.0 Å². The van der Waals surface area contributed by atoms with Gasteiger partial charge in [0.05, 0.1) is 6.20 Å². The van der Waals surface area contributed by atoms with E-state index >= 15 is 0 Å². The van der Waals surface area contributed by atoms with E-state index in [1.54, 1.807) is 17.8 Å². The van der Waals surface area contributed by atoms with Gasteiger partial charge in [0.1, 0.15) is 22.4 Å². The molecular formula is C12H12N4O3S. The Balaban J connectivity index is 2.21. The first kappa shape index (κ1) is 14.1. The fourth-order valence-corrected chi connectivity index (χ4v) is 2.18. The number of carboxylic acids is 1. The van der Waals surface area contributed by atoms with E-state index in [0.717, 1.165) is 4.90 Å². The first-order valence-electron chi connectivity index (χ1n) is 5.72. The van der Waals surface area contributed by atoms with E-state index in [2.05, 4.69) is 15.0 Å². The number of hydrogen-bond donors (Lipinski definition) is 1. The summed E-state index contributed by atoms with van der Waals surface area (Å²) in [5.41, 5.74) is 0.775. The summed E-state index contributed by atoms with van der Waals surface area (Å²) in [6, 6.07) is -0.913. The van der Waals surface area contributed by atoms with Crippen molar-refractivity contribution in [3.8, 4) is 10.7 Å². The zero-order chi connectivity index (χ0) is 14.7. The van der Waals surface area contributed by atoms with Crippen molar-refractivity contribution in [3.63, 3.8) is 0 Å². The van der Waals surface area contributed by atoms with Gasteiger partial charge >= 0.3 is 5.97 Å². The Kier molecular flexibility index (Phi) is 4.04. The lowest BCUT2D eigenvalue weighted by Gasteiger charge is -2.20. The van der Waals surface area contributed by atoms with Gasteiger partial charge in [-0.3, -0.25) is 14.8 Å². The molecule has 1 amide bonds. The maximum Gasteiger partial charge on any atom is 0.326 e. The molecule has 8 heteroatoms. The molecule has 0 aliphatic heterocycles. The highest BCUT2D eigenvalue weighted by Crippen LogP contribution is 2.21. The second kappa shape index (κ2) is 5.74. The minimum Gasteiger partial charge on any atom is -0.480 e. The van der Waals surface area contributed by atoms with Crippen molar-refractivity contribution in [3.05, 3.63) is 29.7 Å². The van der Waals surface area contributed by atoms with Gasteiger partial charge in [-0.1, -0.05) is 0 Å². The van der Waals surface area contributed by atoms with Crippen LogP contribution in [-0.4, -0.2) is 49.9 Å². The Morgan fingerprint density at radius 3 is 2.75 bits per heavy atom. The van der Waals surface area contributed by atoms with Crippen LogP contribution in [0.1, 0.15) is 17.4 Å². The molecule has 0 aromatic carbocycles. The topological polar surface area (TPSA) is 96.3 Å². The first-order chi connectivity index (χ1) is 9.50. The second-order valence-corrected chi connectivity index (χ2v) is 4.92. The molecule has 1 atom stereocenters. The van der Waals surface area contributed by atoms with Crippen molar-refractivity contribution in [1.29, 1.82) is 0 Å². The van der Waals surface area contributed by atoms with Crippen molar-refractivity contribution in [2.45, 2.75) is 13.0 Å². The highest BCUT2D eigenvalue weighted by molar-refractivity contribution is 7.13. The normalized spacial score (nSPS) is 11.9. The zero-order valence-corrected chi connectivity index (χ0v) is 11.7. The molecule has 0 saturated heterocycles. The molecule has 2 aromatic heterocycles. The molecule has 1 N–H and O–H groups in total. The van der Waals surface area contributed by atoms with Gasteiger partial charge in [-0.05, 0) is 6.92 Å². The van der Waals surface area contributed by atoms with E-state index in [4.69, 9.17) is 5.11 Å². The smallest absolute Gasteiger partial charge is 0.326 e. The molecule has 0 aliphatic carbocycles. The Labute approximate surface area is 118 Å². The third-order valence-corrected chi connectivity index (χ3v) is 3.63. The molecule has 2 rings (SSSR count). The molecule has 0 spiro atoms. The third kappa shape index (κ3) is 2.80. The number of nitrogens with zero attached hydrogens (tertiary/aromatic N) is 4. The number of amides is 1. The van der Waals surface area contributed by atoms with Crippen molar-refractivity contribution in [2.24, 2.45) is 0 Å². The predicted molar refractivity (Wildman–Crippen MR) is 72.3 cm³/mol. The lowest BCUT2D eigenvalue weighted by atomic mass is 10.3. The van der Waals surface area contributed by atoms with Crippen LogP contribution in [-0.2, 0) is 4.79 Å². The molecule has 7 nitrogen and oxygen atoms in total. The number of aliphatic carboxylic acids is 1. The highest BCUT2D eigenvalue weighted by Gasteiger charge is 2.24. The predicted octanol–water partition coefficient (Wildman–Crippen LogP) is 1.15. The molecule has 0 fully saturated rings. The lowest BCUT2D eigenvalue weighted by molar-refractivity contribution is -0.141. The summed E-state index contributed by atoms with van der Waals surface area (Å²) in [5.74, 6) is -1.50. The van der Waals surface area contributed by atoms with Gasteiger partial charge in [0.25, 0.3) is 5.91 Å². The summed E-state index contributed by atoms with van der Waals surface area (Å²) >= 11 is 1.26. The Morgan fingerprint density at radius 2 is 2.15 bits per heavy atom. The number of carbonyl (C=O) groups excluding carboxylic acids is 1. The van der Waals surface area contributed by atoms with Gasteiger partial charge in [-0.25, -0.2) is 9.78 Å². The minimum atomic E-state index is -1.06. The van der Waals surface area contributed by atoms with Gasteiger partial charge in [-0.15, -0.1) is 11.3 Å². The van der Waals surface area contributed by atoms with Gasteiger partial charge in [0.15, 0.2) is 0 Å². The van der Waals surface area contributed by atoms with E-state index in [1.807, 2.05) is 0 Å². The van der Waals surface area contributed by atoms with Crippen molar-refractivity contribution >= 4 is 23.2 Å². The molecule has 104 valence electrons. The van der Waals surface area contributed by atoms with Crippen LogP contribution < -0.4 is 0 Å².